The molecule has 0 aliphatic heterocycles. The first-order chi connectivity index (χ1) is 8.82. The summed E-state index contributed by atoms with van der Waals surface area (Å²) in [5.41, 5.74) is -0.0184. The fraction of sp³-hybridized carbons (Fsp3) is 0.636. The lowest BCUT2D eigenvalue weighted by Gasteiger charge is -2.21. The second-order valence-corrected chi connectivity index (χ2v) is 4.72. The van der Waals surface area contributed by atoms with Gasteiger partial charge in [-0.25, -0.2) is 4.68 Å². The van der Waals surface area contributed by atoms with E-state index in [1.165, 1.54) is 10.9 Å². The molecule has 0 aromatic carbocycles. The largest absolute Gasteiger partial charge is 0.480 e. The third-order valence-electron chi connectivity index (χ3n) is 2.49. The van der Waals surface area contributed by atoms with E-state index in [2.05, 4.69) is 15.6 Å². The Bertz CT molecular complexity index is 455. The highest BCUT2D eigenvalue weighted by Crippen LogP contribution is 2.12. The van der Waals surface area contributed by atoms with Crippen LogP contribution in [0, 0.1) is 0 Å². The number of rotatable bonds is 7. The molecule has 0 fully saturated rings. The summed E-state index contributed by atoms with van der Waals surface area (Å²) in [6.45, 7) is 3.58. The van der Waals surface area contributed by atoms with Crippen LogP contribution in [-0.2, 0) is 27.4 Å². The highest BCUT2D eigenvalue weighted by molar-refractivity contribution is 5.76. The normalized spacial score (nSPS) is 11.3. The van der Waals surface area contributed by atoms with Gasteiger partial charge in [-0.1, -0.05) is 5.21 Å². The summed E-state index contributed by atoms with van der Waals surface area (Å²) in [5.74, 6) is -1.16. The number of carboxylic acids is 1. The van der Waals surface area contributed by atoms with Crippen LogP contribution < -0.4 is 5.32 Å². The number of amides is 1. The van der Waals surface area contributed by atoms with Crippen LogP contribution in [0.15, 0.2) is 6.20 Å². The number of nitrogens with one attached hydrogen (secondary N) is 1. The fourth-order valence-corrected chi connectivity index (χ4v) is 1.35. The average molecular weight is 270 g/mol. The molecule has 0 bridgehead atoms. The molecule has 2 N–H and O–H groups in total. The highest BCUT2D eigenvalue weighted by atomic mass is 16.5. The van der Waals surface area contributed by atoms with Gasteiger partial charge in [0.15, 0.2) is 0 Å². The summed E-state index contributed by atoms with van der Waals surface area (Å²) >= 11 is 0. The van der Waals surface area contributed by atoms with Gasteiger partial charge in [0.25, 0.3) is 0 Å². The Morgan fingerprint density at radius 1 is 1.53 bits per heavy atom. The Morgan fingerprint density at radius 2 is 2.21 bits per heavy atom. The SMILES string of the molecule is COC(C)(C)CC(=O)NCc1cn(CC(=O)O)nn1. The van der Waals surface area contributed by atoms with E-state index in [9.17, 15) is 9.59 Å². The van der Waals surface area contributed by atoms with Crippen LogP contribution in [0.25, 0.3) is 0 Å². The van der Waals surface area contributed by atoms with Crippen molar-refractivity contribution in [2.24, 2.45) is 0 Å². The van der Waals surface area contributed by atoms with Crippen LogP contribution in [0.2, 0.25) is 0 Å². The lowest BCUT2D eigenvalue weighted by atomic mass is 10.1. The number of nitrogens with zero attached hydrogens (tertiary/aromatic N) is 3. The third kappa shape index (κ3) is 5.47. The van der Waals surface area contributed by atoms with E-state index in [0.717, 1.165) is 0 Å². The zero-order valence-electron chi connectivity index (χ0n) is 11.2. The molecule has 0 atom stereocenters. The number of carbonyl (C=O) groups excluding carboxylic acids is 1. The summed E-state index contributed by atoms with van der Waals surface area (Å²) < 4.78 is 6.35. The number of aromatic nitrogens is 3. The van der Waals surface area contributed by atoms with Crippen molar-refractivity contribution in [3.8, 4) is 0 Å². The van der Waals surface area contributed by atoms with Crippen molar-refractivity contribution in [2.45, 2.75) is 39.0 Å². The summed E-state index contributed by atoms with van der Waals surface area (Å²) in [4.78, 5) is 22.1. The first-order valence-electron chi connectivity index (χ1n) is 5.75. The van der Waals surface area contributed by atoms with Crippen LogP contribution in [-0.4, -0.2) is 44.7 Å². The highest BCUT2D eigenvalue weighted by Gasteiger charge is 2.20. The minimum Gasteiger partial charge on any atom is -0.480 e. The fourth-order valence-electron chi connectivity index (χ4n) is 1.35. The van der Waals surface area contributed by atoms with Crippen LogP contribution in [0.5, 0.6) is 0 Å². The van der Waals surface area contributed by atoms with E-state index < -0.39 is 11.6 Å². The smallest absolute Gasteiger partial charge is 0.325 e. The monoisotopic (exact) mass is 270 g/mol. The Balaban J connectivity index is 2.42. The standard InChI is InChI=1S/C11H18N4O4/c1-11(2,19-3)4-9(16)12-5-8-6-15(14-13-8)7-10(17)18/h6H,4-5,7H2,1-3H3,(H,12,16)(H,17,18). The van der Waals surface area contributed by atoms with Crippen LogP contribution in [0.4, 0.5) is 0 Å². The molecule has 8 nitrogen and oxygen atoms in total. The lowest BCUT2D eigenvalue weighted by Crippen LogP contribution is -2.33. The van der Waals surface area contributed by atoms with Gasteiger partial charge in [0.2, 0.25) is 5.91 Å². The topological polar surface area (TPSA) is 106 Å². The maximum Gasteiger partial charge on any atom is 0.325 e. The maximum atomic E-state index is 11.6. The minimum atomic E-state index is -0.998. The van der Waals surface area contributed by atoms with Crippen molar-refractivity contribution >= 4 is 11.9 Å². The molecule has 19 heavy (non-hydrogen) atoms. The number of aliphatic carboxylic acids is 1. The van der Waals surface area contributed by atoms with Crippen LogP contribution in [0.3, 0.4) is 0 Å². The third-order valence-corrected chi connectivity index (χ3v) is 2.49. The van der Waals surface area contributed by atoms with E-state index in [4.69, 9.17) is 9.84 Å². The number of carbonyl (C=O) groups is 2. The van der Waals surface area contributed by atoms with E-state index in [1.54, 1.807) is 7.11 Å². The summed E-state index contributed by atoms with van der Waals surface area (Å²) in [6, 6.07) is 0. The lowest BCUT2D eigenvalue weighted by molar-refractivity contribution is -0.138. The summed E-state index contributed by atoms with van der Waals surface area (Å²) in [6.07, 6.45) is 1.71. The number of carboxylic acid groups (broad SMARTS) is 1. The molecule has 1 heterocycles. The van der Waals surface area contributed by atoms with E-state index >= 15 is 0 Å². The second-order valence-electron chi connectivity index (χ2n) is 4.72. The predicted octanol–water partition coefficient (Wildman–Crippen LogP) is -0.206. The summed E-state index contributed by atoms with van der Waals surface area (Å²) in [5, 5.41) is 18.6. The van der Waals surface area contributed by atoms with Gasteiger partial charge in [-0.15, -0.1) is 5.10 Å². The zero-order valence-corrected chi connectivity index (χ0v) is 11.2. The number of methoxy groups -OCH3 is 1. The van der Waals surface area contributed by atoms with Gasteiger partial charge in [-0.2, -0.15) is 0 Å². The molecule has 0 aliphatic carbocycles. The molecule has 1 aromatic rings. The van der Waals surface area contributed by atoms with Gasteiger partial charge < -0.3 is 15.2 Å². The molecular weight excluding hydrogens is 252 g/mol. The van der Waals surface area contributed by atoms with Crippen molar-refractivity contribution in [1.29, 1.82) is 0 Å². The molecule has 0 spiro atoms. The average Bonchev–Trinajstić information content (AvgIpc) is 2.73. The van der Waals surface area contributed by atoms with Crippen LogP contribution in [0.1, 0.15) is 26.0 Å². The molecule has 1 aromatic heterocycles. The molecule has 1 rings (SSSR count). The Morgan fingerprint density at radius 3 is 2.79 bits per heavy atom. The van der Waals surface area contributed by atoms with E-state index in [0.29, 0.717) is 5.69 Å². The van der Waals surface area contributed by atoms with Crippen molar-refractivity contribution in [3.63, 3.8) is 0 Å². The molecule has 0 saturated heterocycles. The molecule has 8 heteroatoms. The van der Waals surface area contributed by atoms with Crippen molar-refractivity contribution < 1.29 is 19.4 Å². The molecule has 106 valence electrons. The van der Waals surface area contributed by atoms with Gasteiger partial charge in [-0.05, 0) is 13.8 Å². The number of hydrogen-bond donors (Lipinski definition) is 2. The van der Waals surface area contributed by atoms with Gasteiger partial charge >= 0.3 is 5.97 Å². The van der Waals surface area contributed by atoms with E-state index in [1.807, 2.05) is 13.8 Å². The second kappa shape index (κ2) is 6.28. The first-order valence-corrected chi connectivity index (χ1v) is 5.75. The predicted molar refractivity (Wildman–Crippen MR) is 65.2 cm³/mol. The molecule has 0 radical (unpaired) electrons. The van der Waals surface area contributed by atoms with Crippen molar-refractivity contribution in [1.82, 2.24) is 20.3 Å². The van der Waals surface area contributed by atoms with Gasteiger partial charge in [0.05, 0.1) is 24.8 Å². The molecule has 0 unspecified atom stereocenters. The van der Waals surface area contributed by atoms with Gasteiger partial charge in [0, 0.05) is 7.11 Å². The molecule has 1 amide bonds. The minimum absolute atomic E-state index is 0.167. The van der Waals surface area contributed by atoms with Gasteiger partial charge in [0.1, 0.15) is 12.2 Å². The van der Waals surface area contributed by atoms with Crippen molar-refractivity contribution in [3.05, 3.63) is 11.9 Å². The van der Waals surface area contributed by atoms with Crippen molar-refractivity contribution in [2.75, 3.05) is 7.11 Å². The quantitative estimate of drug-likeness (QED) is 0.710. The Hall–Kier alpha value is -1.96. The molecule has 0 saturated carbocycles. The maximum absolute atomic E-state index is 11.6. The summed E-state index contributed by atoms with van der Waals surface area (Å²) in [7, 11) is 1.55. The van der Waals surface area contributed by atoms with E-state index in [-0.39, 0.29) is 25.4 Å². The Kier molecular flexibility index (Phi) is 4.99. The first kappa shape index (κ1) is 15.1. The molecular formula is C11H18N4O4. The molecule has 0 aliphatic rings. The number of hydrogen-bond acceptors (Lipinski definition) is 5. The Labute approximate surface area is 110 Å². The number of ether oxygens (including phenoxy) is 1. The van der Waals surface area contributed by atoms with Gasteiger partial charge in [-0.3, -0.25) is 9.59 Å². The zero-order chi connectivity index (χ0) is 14.5. The van der Waals surface area contributed by atoms with Crippen LogP contribution >= 0.6 is 0 Å².